The number of imidazole rings is 1. The second-order valence-corrected chi connectivity index (χ2v) is 6.08. The zero-order chi connectivity index (χ0) is 18.0. The molecule has 3 aromatic rings. The summed E-state index contributed by atoms with van der Waals surface area (Å²) in [7, 11) is 0. The molecule has 0 amide bonds. The van der Waals surface area contributed by atoms with Crippen LogP contribution >= 0.6 is 0 Å². The van der Waals surface area contributed by atoms with Crippen molar-refractivity contribution in [1.29, 1.82) is 5.26 Å². The number of nitrogens with two attached hydrogens (primary N) is 1. The summed E-state index contributed by atoms with van der Waals surface area (Å²) in [4.78, 5) is 12.1. The Morgan fingerprint density at radius 3 is 2.76 bits per heavy atom. The van der Waals surface area contributed by atoms with E-state index in [1.807, 2.05) is 19.9 Å². The highest BCUT2D eigenvalue weighted by atomic mass is 15.1. The molecular weight excluding hydrogens is 314 g/mol. The molecule has 0 saturated heterocycles. The zero-order valence-corrected chi connectivity index (χ0v) is 14.6. The lowest BCUT2D eigenvalue weighted by Crippen LogP contribution is -2.00. The number of nitrogen functional groups attached to an aromatic ring is 1. The Labute approximate surface area is 146 Å². The largest absolute Gasteiger partial charge is 0.383 e. The van der Waals surface area contributed by atoms with E-state index in [1.54, 1.807) is 6.20 Å². The highest BCUT2D eigenvalue weighted by molar-refractivity contribution is 5.79. The van der Waals surface area contributed by atoms with Gasteiger partial charge in [-0.3, -0.25) is 5.10 Å². The van der Waals surface area contributed by atoms with E-state index in [0.717, 1.165) is 47.7 Å². The van der Waals surface area contributed by atoms with Gasteiger partial charge in [0.25, 0.3) is 0 Å². The molecule has 7 heteroatoms. The van der Waals surface area contributed by atoms with E-state index < -0.39 is 0 Å². The predicted molar refractivity (Wildman–Crippen MR) is 96.6 cm³/mol. The van der Waals surface area contributed by atoms with Crippen molar-refractivity contribution in [2.24, 2.45) is 0 Å². The maximum Gasteiger partial charge on any atom is 0.142 e. The summed E-state index contributed by atoms with van der Waals surface area (Å²) in [5.41, 5.74) is 11.3. The topological polar surface area (TPSA) is 120 Å². The van der Waals surface area contributed by atoms with Crippen LogP contribution in [0.25, 0.3) is 22.5 Å². The van der Waals surface area contributed by atoms with Gasteiger partial charge in [-0.2, -0.15) is 10.4 Å². The molecule has 7 nitrogen and oxygen atoms in total. The van der Waals surface area contributed by atoms with Crippen LogP contribution in [0.3, 0.4) is 0 Å². The first-order valence-electron chi connectivity index (χ1n) is 8.32. The standard InChI is InChI=1S/C18H21N7/c1-4-5-6-16-21-9-15(22-16)12-7-14(23-18(20)13(12)8-19)17-10(2)24-25-11(17)3/h7,9H,4-6H2,1-3H3,(H2,20,23)(H,21,22)(H,24,25). The number of pyridine rings is 1. The van der Waals surface area contributed by atoms with Crippen molar-refractivity contribution in [1.82, 2.24) is 25.1 Å². The average molecular weight is 335 g/mol. The van der Waals surface area contributed by atoms with Crippen molar-refractivity contribution in [3.05, 3.63) is 35.0 Å². The zero-order valence-electron chi connectivity index (χ0n) is 14.6. The third kappa shape index (κ3) is 3.11. The van der Waals surface area contributed by atoms with Crippen LogP contribution in [0, 0.1) is 25.2 Å². The molecule has 0 aliphatic carbocycles. The van der Waals surface area contributed by atoms with Crippen molar-refractivity contribution in [2.45, 2.75) is 40.0 Å². The van der Waals surface area contributed by atoms with E-state index in [-0.39, 0.29) is 5.82 Å². The van der Waals surface area contributed by atoms with E-state index in [4.69, 9.17) is 5.73 Å². The Bertz CT molecular complexity index is 923. The van der Waals surface area contributed by atoms with E-state index in [1.165, 1.54) is 0 Å². The van der Waals surface area contributed by atoms with Crippen molar-refractivity contribution >= 4 is 5.82 Å². The Kier molecular flexibility index (Phi) is 4.52. The van der Waals surface area contributed by atoms with Crippen LogP contribution in [0.2, 0.25) is 0 Å². The van der Waals surface area contributed by atoms with E-state index >= 15 is 0 Å². The fraction of sp³-hybridized carbons (Fsp3) is 0.333. The summed E-state index contributed by atoms with van der Waals surface area (Å²) in [6, 6.07) is 4.03. The van der Waals surface area contributed by atoms with Gasteiger partial charge in [0.2, 0.25) is 0 Å². The molecule has 0 atom stereocenters. The lowest BCUT2D eigenvalue weighted by Gasteiger charge is -2.09. The molecule has 0 fully saturated rings. The number of aromatic amines is 2. The first-order valence-corrected chi connectivity index (χ1v) is 8.32. The van der Waals surface area contributed by atoms with Gasteiger partial charge in [-0.25, -0.2) is 9.97 Å². The predicted octanol–water partition coefficient (Wildman–Crippen LogP) is 3.28. The van der Waals surface area contributed by atoms with Crippen LogP contribution in [0.5, 0.6) is 0 Å². The van der Waals surface area contributed by atoms with Gasteiger partial charge in [0.1, 0.15) is 23.3 Å². The number of hydrogen-bond donors (Lipinski definition) is 3. The third-order valence-electron chi connectivity index (χ3n) is 4.23. The number of unbranched alkanes of at least 4 members (excludes halogenated alkanes) is 1. The average Bonchev–Trinajstić information content (AvgIpc) is 3.19. The SMILES string of the molecule is CCCCc1ncc(-c2cc(-c3c(C)n[nH]c3C)nc(N)c2C#N)[nH]1. The molecule has 3 heterocycles. The molecule has 0 bridgehead atoms. The van der Waals surface area contributed by atoms with Gasteiger partial charge in [0, 0.05) is 23.2 Å². The second kappa shape index (κ2) is 6.77. The minimum atomic E-state index is 0.208. The molecule has 0 spiro atoms. The third-order valence-corrected chi connectivity index (χ3v) is 4.23. The smallest absolute Gasteiger partial charge is 0.142 e. The maximum absolute atomic E-state index is 9.52. The monoisotopic (exact) mass is 335 g/mol. The van der Waals surface area contributed by atoms with Gasteiger partial charge in [-0.15, -0.1) is 0 Å². The number of nitrogens with zero attached hydrogens (tertiary/aromatic N) is 4. The minimum absolute atomic E-state index is 0.208. The number of H-pyrrole nitrogens is 2. The van der Waals surface area contributed by atoms with Gasteiger partial charge in [0.05, 0.1) is 23.3 Å². The van der Waals surface area contributed by atoms with Crippen molar-refractivity contribution in [2.75, 3.05) is 5.73 Å². The van der Waals surface area contributed by atoms with Crippen molar-refractivity contribution < 1.29 is 0 Å². The lowest BCUT2D eigenvalue weighted by molar-refractivity contribution is 0.763. The molecule has 4 N–H and O–H groups in total. The Hall–Kier alpha value is -3.14. The van der Waals surface area contributed by atoms with Crippen LogP contribution in [0.4, 0.5) is 5.82 Å². The Morgan fingerprint density at radius 2 is 2.12 bits per heavy atom. The number of aryl methyl sites for hydroxylation is 3. The Morgan fingerprint density at radius 1 is 1.32 bits per heavy atom. The number of anilines is 1. The number of hydrogen-bond acceptors (Lipinski definition) is 5. The van der Waals surface area contributed by atoms with Crippen molar-refractivity contribution in [3.63, 3.8) is 0 Å². The molecule has 25 heavy (non-hydrogen) atoms. The quantitative estimate of drug-likeness (QED) is 0.661. The highest BCUT2D eigenvalue weighted by Crippen LogP contribution is 2.32. The summed E-state index contributed by atoms with van der Waals surface area (Å²) >= 11 is 0. The van der Waals surface area contributed by atoms with E-state index in [0.29, 0.717) is 16.8 Å². The number of aromatic nitrogens is 5. The molecule has 0 radical (unpaired) electrons. The summed E-state index contributed by atoms with van der Waals surface area (Å²) < 4.78 is 0. The number of nitriles is 1. The molecule has 0 aromatic carbocycles. The van der Waals surface area contributed by atoms with Gasteiger partial charge in [0.15, 0.2) is 0 Å². The summed E-state index contributed by atoms with van der Waals surface area (Å²) in [6.45, 7) is 5.99. The molecule has 0 unspecified atom stereocenters. The van der Waals surface area contributed by atoms with Crippen LogP contribution in [0.1, 0.15) is 42.5 Å². The summed E-state index contributed by atoms with van der Waals surface area (Å²) in [6.07, 6.45) is 4.80. The molecule has 0 aliphatic rings. The molecule has 3 rings (SSSR count). The van der Waals surface area contributed by atoms with Crippen LogP contribution in [-0.2, 0) is 6.42 Å². The van der Waals surface area contributed by atoms with Gasteiger partial charge < -0.3 is 10.7 Å². The molecular formula is C18H21N7. The highest BCUT2D eigenvalue weighted by Gasteiger charge is 2.18. The van der Waals surface area contributed by atoms with E-state index in [2.05, 4.69) is 38.1 Å². The van der Waals surface area contributed by atoms with Crippen LogP contribution in [0.15, 0.2) is 12.3 Å². The second-order valence-electron chi connectivity index (χ2n) is 6.08. The fourth-order valence-electron chi connectivity index (χ4n) is 2.92. The molecule has 0 saturated carbocycles. The maximum atomic E-state index is 9.52. The minimum Gasteiger partial charge on any atom is -0.383 e. The van der Waals surface area contributed by atoms with Crippen LogP contribution in [-0.4, -0.2) is 25.1 Å². The first kappa shape index (κ1) is 16.7. The van der Waals surface area contributed by atoms with Gasteiger partial charge >= 0.3 is 0 Å². The molecule has 0 aliphatic heterocycles. The van der Waals surface area contributed by atoms with Crippen molar-refractivity contribution in [3.8, 4) is 28.6 Å². The first-order chi connectivity index (χ1) is 12.0. The van der Waals surface area contributed by atoms with E-state index in [9.17, 15) is 5.26 Å². The normalized spacial score (nSPS) is 10.8. The number of rotatable bonds is 5. The lowest BCUT2D eigenvalue weighted by atomic mass is 10.0. The summed E-state index contributed by atoms with van der Waals surface area (Å²) in [5.74, 6) is 1.12. The van der Waals surface area contributed by atoms with Crippen LogP contribution < -0.4 is 5.73 Å². The molecule has 128 valence electrons. The van der Waals surface area contributed by atoms with Gasteiger partial charge in [-0.1, -0.05) is 13.3 Å². The Balaban J connectivity index is 2.12. The van der Waals surface area contributed by atoms with Gasteiger partial charge in [-0.05, 0) is 26.3 Å². The number of nitrogens with one attached hydrogen (secondary N) is 2. The summed E-state index contributed by atoms with van der Waals surface area (Å²) in [5, 5.41) is 16.7. The molecule has 3 aromatic heterocycles. The fourth-order valence-corrected chi connectivity index (χ4v) is 2.92.